The number of hydrogen-bond donors (Lipinski definition) is 2. The molecule has 0 aliphatic rings. The van der Waals surface area contributed by atoms with Crippen LogP contribution in [0.3, 0.4) is 0 Å². The van der Waals surface area contributed by atoms with E-state index >= 15 is 0 Å². The highest BCUT2D eigenvalue weighted by Gasteiger charge is 2.30. The first-order valence-corrected chi connectivity index (χ1v) is 11.6. The van der Waals surface area contributed by atoms with Crippen molar-refractivity contribution >= 4 is 29.2 Å². The third-order valence-corrected chi connectivity index (χ3v) is 4.62. The molecule has 0 atom stereocenters. The van der Waals surface area contributed by atoms with Gasteiger partial charge in [0.25, 0.3) is 0 Å². The van der Waals surface area contributed by atoms with Crippen LogP contribution in [-0.2, 0) is 22.2 Å². The summed E-state index contributed by atoms with van der Waals surface area (Å²) in [5.74, 6) is 0. The number of rotatable bonds is 7. The van der Waals surface area contributed by atoms with Crippen LogP contribution in [0.15, 0.2) is 55.1 Å². The van der Waals surface area contributed by atoms with Crippen LogP contribution >= 0.6 is 0 Å². The summed E-state index contributed by atoms with van der Waals surface area (Å²) in [7, 11) is 0. The van der Waals surface area contributed by atoms with Crippen molar-refractivity contribution in [2.75, 3.05) is 22.1 Å². The van der Waals surface area contributed by atoms with Crippen molar-refractivity contribution in [1.82, 2.24) is 0 Å². The molecular formula is C27H34F3N3O4. The number of nitrogens with one attached hydrogen (secondary N) is 2. The van der Waals surface area contributed by atoms with Gasteiger partial charge in [-0.25, -0.2) is 9.59 Å². The summed E-state index contributed by atoms with van der Waals surface area (Å²) in [6.45, 7) is 14.5. The van der Waals surface area contributed by atoms with Crippen molar-refractivity contribution in [2.24, 2.45) is 0 Å². The molecule has 2 aromatic rings. The molecule has 2 aromatic carbocycles. The SMILES string of the molecule is C=CCN(Cc1cccc(C(F)(F)F)c1)c1ccc(NC(=O)OC(C)(C)C)c(NC(=O)OC(C)(C)C)c1. The molecule has 2 amide bonds. The van der Waals surface area contributed by atoms with Crippen LogP contribution in [0.1, 0.15) is 52.7 Å². The average molecular weight is 522 g/mol. The van der Waals surface area contributed by atoms with Crippen molar-refractivity contribution in [3.8, 4) is 0 Å². The fourth-order valence-corrected chi connectivity index (χ4v) is 3.25. The summed E-state index contributed by atoms with van der Waals surface area (Å²) in [6, 6.07) is 9.89. The van der Waals surface area contributed by atoms with Crippen molar-refractivity contribution < 1.29 is 32.2 Å². The molecule has 0 heterocycles. The van der Waals surface area contributed by atoms with Crippen molar-refractivity contribution in [1.29, 1.82) is 0 Å². The first-order chi connectivity index (χ1) is 17.0. The second-order valence-electron chi connectivity index (χ2n) is 10.4. The molecule has 0 fully saturated rings. The van der Waals surface area contributed by atoms with Gasteiger partial charge < -0.3 is 14.4 Å². The lowest BCUT2D eigenvalue weighted by Crippen LogP contribution is -2.29. The van der Waals surface area contributed by atoms with Crippen molar-refractivity contribution in [3.05, 3.63) is 66.2 Å². The van der Waals surface area contributed by atoms with E-state index in [1.807, 2.05) is 0 Å². The number of nitrogens with zero attached hydrogens (tertiary/aromatic N) is 1. The van der Waals surface area contributed by atoms with Crippen LogP contribution < -0.4 is 15.5 Å². The Hall–Kier alpha value is -3.69. The molecule has 0 bridgehead atoms. The van der Waals surface area contributed by atoms with E-state index in [-0.39, 0.29) is 17.9 Å². The number of anilines is 3. The van der Waals surface area contributed by atoms with E-state index in [9.17, 15) is 22.8 Å². The molecule has 0 aliphatic heterocycles. The second kappa shape index (κ2) is 11.6. The van der Waals surface area contributed by atoms with Gasteiger partial charge in [0.15, 0.2) is 0 Å². The van der Waals surface area contributed by atoms with E-state index in [4.69, 9.17) is 9.47 Å². The van der Waals surface area contributed by atoms with Gasteiger partial charge in [-0.15, -0.1) is 6.58 Å². The molecule has 0 spiro atoms. The van der Waals surface area contributed by atoms with Crippen LogP contribution in [0.25, 0.3) is 0 Å². The van der Waals surface area contributed by atoms with Crippen LogP contribution in [0.4, 0.5) is 39.8 Å². The summed E-state index contributed by atoms with van der Waals surface area (Å²) in [5, 5.41) is 5.24. The Labute approximate surface area is 215 Å². The van der Waals surface area contributed by atoms with Crippen molar-refractivity contribution in [2.45, 2.75) is 65.5 Å². The number of benzene rings is 2. The Morgan fingerprint density at radius 2 is 1.46 bits per heavy atom. The quantitative estimate of drug-likeness (QED) is 0.367. The minimum atomic E-state index is -4.46. The van der Waals surface area contributed by atoms with Gasteiger partial charge in [-0.3, -0.25) is 10.6 Å². The molecule has 0 saturated carbocycles. The minimum absolute atomic E-state index is 0.140. The monoisotopic (exact) mass is 521 g/mol. The zero-order chi connectivity index (χ0) is 28.0. The van der Waals surface area contributed by atoms with Gasteiger partial charge >= 0.3 is 18.4 Å². The third-order valence-electron chi connectivity index (χ3n) is 4.62. The molecule has 0 unspecified atom stereocenters. The van der Waals surface area contributed by atoms with Crippen LogP contribution in [-0.4, -0.2) is 29.9 Å². The maximum absolute atomic E-state index is 13.2. The highest BCUT2D eigenvalue weighted by Crippen LogP contribution is 2.32. The molecule has 202 valence electrons. The van der Waals surface area contributed by atoms with E-state index < -0.39 is 35.1 Å². The number of carbonyl (C=O) groups is 2. The largest absolute Gasteiger partial charge is 0.444 e. The first-order valence-electron chi connectivity index (χ1n) is 11.6. The maximum Gasteiger partial charge on any atom is 0.416 e. The van der Waals surface area contributed by atoms with E-state index in [2.05, 4.69) is 17.2 Å². The Kier molecular flexibility index (Phi) is 9.24. The van der Waals surface area contributed by atoms with Gasteiger partial charge in [0, 0.05) is 18.8 Å². The number of ether oxygens (including phenoxy) is 2. The van der Waals surface area contributed by atoms with Gasteiger partial charge in [-0.05, 0) is 77.4 Å². The zero-order valence-electron chi connectivity index (χ0n) is 22.0. The van der Waals surface area contributed by atoms with E-state index in [0.29, 0.717) is 17.8 Å². The molecule has 37 heavy (non-hydrogen) atoms. The summed E-state index contributed by atoms with van der Waals surface area (Å²) >= 11 is 0. The number of amides is 2. The average Bonchev–Trinajstić information content (AvgIpc) is 2.71. The van der Waals surface area contributed by atoms with E-state index in [1.54, 1.807) is 76.8 Å². The number of hydrogen-bond acceptors (Lipinski definition) is 5. The normalized spacial score (nSPS) is 11.9. The standard InChI is InChI=1S/C27H34F3N3O4/c1-8-14-33(17-18-10-9-11-19(15-18)27(28,29)30)20-12-13-21(31-23(34)36-25(2,3)4)22(16-20)32-24(35)37-26(5,6)7/h8-13,15-16H,1,14,17H2,2-7H3,(H,31,34)(H,32,35). The molecular weight excluding hydrogens is 487 g/mol. The van der Waals surface area contributed by atoms with Gasteiger partial charge in [-0.2, -0.15) is 13.2 Å². The van der Waals surface area contributed by atoms with Crippen LogP contribution in [0.5, 0.6) is 0 Å². The summed E-state index contributed by atoms with van der Waals surface area (Å²) in [5.41, 5.74) is -0.773. The lowest BCUT2D eigenvalue weighted by molar-refractivity contribution is -0.137. The fourth-order valence-electron chi connectivity index (χ4n) is 3.25. The Morgan fingerprint density at radius 3 is 1.97 bits per heavy atom. The van der Waals surface area contributed by atoms with Crippen LogP contribution in [0.2, 0.25) is 0 Å². The summed E-state index contributed by atoms with van der Waals surface area (Å²) in [6.07, 6.45) is -4.32. The molecule has 0 saturated heterocycles. The molecule has 0 radical (unpaired) electrons. The molecule has 0 aromatic heterocycles. The van der Waals surface area contributed by atoms with Crippen LogP contribution in [0, 0.1) is 0 Å². The Morgan fingerprint density at radius 1 is 0.892 bits per heavy atom. The molecule has 2 N–H and O–H groups in total. The number of alkyl halides is 3. The van der Waals surface area contributed by atoms with E-state index in [1.165, 1.54) is 6.07 Å². The zero-order valence-corrected chi connectivity index (χ0v) is 22.0. The number of carbonyl (C=O) groups excluding carboxylic acids is 2. The third kappa shape index (κ3) is 10.1. The maximum atomic E-state index is 13.2. The lowest BCUT2D eigenvalue weighted by Gasteiger charge is -2.26. The number of halogens is 3. The summed E-state index contributed by atoms with van der Waals surface area (Å²) in [4.78, 5) is 26.7. The predicted octanol–water partition coefficient (Wildman–Crippen LogP) is 7.59. The first kappa shape index (κ1) is 29.5. The molecule has 2 rings (SSSR count). The summed E-state index contributed by atoms with van der Waals surface area (Å²) < 4.78 is 50.2. The van der Waals surface area contributed by atoms with Gasteiger partial charge in [0.05, 0.1) is 16.9 Å². The molecule has 7 nitrogen and oxygen atoms in total. The minimum Gasteiger partial charge on any atom is -0.444 e. The fraction of sp³-hybridized carbons (Fsp3) is 0.407. The van der Waals surface area contributed by atoms with E-state index in [0.717, 1.165) is 12.1 Å². The highest BCUT2D eigenvalue weighted by molar-refractivity contribution is 5.96. The van der Waals surface area contributed by atoms with Gasteiger partial charge in [0.1, 0.15) is 11.2 Å². The smallest absolute Gasteiger partial charge is 0.416 e. The lowest BCUT2D eigenvalue weighted by atomic mass is 10.1. The topological polar surface area (TPSA) is 79.9 Å². The Balaban J connectivity index is 2.42. The predicted molar refractivity (Wildman–Crippen MR) is 139 cm³/mol. The van der Waals surface area contributed by atoms with Crippen molar-refractivity contribution in [3.63, 3.8) is 0 Å². The highest BCUT2D eigenvalue weighted by atomic mass is 19.4. The van der Waals surface area contributed by atoms with Gasteiger partial charge in [0.2, 0.25) is 0 Å². The molecule has 0 aliphatic carbocycles. The van der Waals surface area contributed by atoms with Gasteiger partial charge in [-0.1, -0.05) is 18.2 Å². The molecule has 10 heteroatoms. The second-order valence-corrected chi connectivity index (χ2v) is 10.4. The Bertz CT molecular complexity index is 1120.